The van der Waals surface area contributed by atoms with Gasteiger partial charge in [-0.05, 0) is 24.5 Å². The number of rotatable bonds is 7. The van der Waals surface area contributed by atoms with E-state index < -0.39 is 6.10 Å². The Hall–Kier alpha value is -2.74. The molecule has 0 radical (unpaired) electrons. The van der Waals surface area contributed by atoms with Gasteiger partial charge in [-0.2, -0.15) is 0 Å². The van der Waals surface area contributed by atoms with Crippen molar-refractivity contribution < 1.29 is 9.90 Å². The molecule has 0 aliphatic carbocycles. The Morgan fingerprint density at radius 1 is 1.30 bits per heavy atom. The minimum atomic E-state index is -0.746. The summed E-state index contributed by atoms with van der Waals surface area (Å²) in [6.45, 7) is 6.94. The summed E-state index contributed by atoms with van der Waals surface area (Å²) in [5.74, 6) is 1.19. The van der Waals surface area contributed by atoms with Crippen LogP contribution in [0.5, 0.6) is 0 Å². The van der Waals surface area contributed by atoms with Crippen molar-refractivity contribution in [3.05, 3.63) is 47.9 Å². The molecule has 0 spiro atoms. The molecule has 1 atom stereocenters. The monoisotopic (exact) mass is 370 g/mol. The van der Waals surface area contributed by atoms with E-state index in [0.29, 0.717) is 30.1 Å². The van der Waals surface area contributed by atoms with Crippen LogP contribution in [0, 0.1) is 5.92 Å². The van der Waals surface area contributed by atoms with E-state index in [4.69, 9.17) is 0 Å². The largest absolute Gasteiger partial charge is 0.385 e. The molecule has 0 aromatic carbocycles. The molecule has 3 aromatic heterocycles. The molecule has 0 saturated carbocycles. The highest BCUT2D eigenvalue weighted by molar-refractivity contribution is 5.94. The Morgan fingerprint density at radius 2 is 2.07 bits per heavy atom. The Labute approximate surface area is 158 Å². The predicted octanol–water partition coefficient (Wildman–Crippen LogP) is 2.20. The van der Waals surface area contributed by atoms with Gasteiger partial charge >= 0.3 is 0 Å². The average Bonchev–Trinajstić information content (AvgIpc) is 3.25. The number of aromatic nitrogens is 5. The number of carbonyl (C=O) groups is 1. The van der Waals surface area contributed by atoms with Gasteiger partial charge in [0.2, 0.25) is 0 Å². The number of imidazole rings is 1. The number of carbonyl (C=O) groups excluding carboxylic acids is 1. The maximum Gasteiger partial charge on any atom is 0.255 e. The lowest BCUT2D eigenvalue weighted by Gasteiger charge is -2.22. The number of hydrogen-bond acceptors (Lipinski definition) is 5. The Morgan fingerprint density at radius 3 is 2.70 bits per heavy atom. The van der Waals surface area contributed by atoms with Crippen LogP contribution < -0.4 is 0 Å². The van der Waals surface area contributed by atoms with Gasteiger partial charge in [0.25, 0.3) is 5.91 Å². The van der Waals surface area contributed by atoms with E-state index in [1.54, 1.807) is 33.8 Å². The topological polar surface area (TPSA) is 88.5 Å². The Kier molecular flexibility index (Phi) is 5.55. The van der Waals surface area contributed by atoms with Crippen LogP contribution in [0.15, 0.2) is 30.7 Å². The normalized spacial score (nSPS) is 12.7. The summed E-state index contributed by atoms with van der Waals surface area (Å²) in [4.78, 5) is 19.2. The summed E-state index contributed by atoms with van der Waals surface area (Å²) < 4.78 is 3.61. The van der Waals surface area contributed by atoms with Gasteiger partial charge in [0.1, 0.15) is 11.9 Å². The molecule has 3 aromatic rings. The quantitative estimate of drug-likeness (QED) is 0.689. The van der Waals surface area contributed by atoms with Crippen molar-refractivity contribution in [2.45, 2.75) is 39.8 Å². The second kappa shape index (κ2) is 7.87. The SMILES string of the molecule is CCCN(Cc1nccn1C)C(=O)c1ccc2nnc(C(O)C(C)C)n2c1. The number of aliphatic hydroxyl groups excluding tert-OH is 1. The van der Waals surface area contributed by atoms with E-state index >= 15 is 0 Å². The highest BCUT2D eigenvalue weighted by Crippen LogP contribution is 2.21. The van der Waals surface area contributed by atoms with Crippen molar-refractivity contribution in [2.24, 2.45) is 13.0 Å². The zero-order chi connectivity index (χ0) is 19.6. The first-order valence-electron chi connectivity index (χ1n) is 9.20. The molecule has 1 N–H and O–H groups in total. The fourth-order valence-corrected chi connectivity index (χ4v) is 2.96. The van der Waals surface area contributed by atoms with Gasteiger partial charge in [-0.3, -0.25) is 9.20 Å². The molecule has 0 fully saturated rings. The Balaban J connectivity index is 1.93. The first kappa shape index (κ1) is 19.0. The molecule has 27 heavy (non-hydrogen) atoms. The van der Waals surface area contributed by atoms with Crippen molar-refractivity contribution >= 4 is 11.6 Å². The fraction of sp³-hybridized carbons (Fsp3) is 0.474. The number of aliphatic hydroxyl groups is 1. The van der Waals surface area contributed by atoms with Crippen LogP contribution in [0.2, 0.25) is 0 Å². The molecule has 1 unspecified atom stereocenters. The molecule has 3 heterocycles. The minimum Gasteiger partial charge on any atom is -0.385 e. The van der Waals surface area contributed by atoms with Crippen molar-refractivity contribution in [1.82, 2.24) is 29.0 Å². The third kappa shape index (κ3) is 3.85. The highest BCUT2D eigenvalue weighted by atomic mass is 16.3. The first-order chi connectivity index (χ1) is 12.9. The van der Waals surface area contributed by atoms with E-state index in [-0.39, 0.29) is 11.8 Å². The molecule has 0 bridgehead atoms. The third-order valence-corrected chi connectivity index (χ3v) is 4.61. The third-order valence-electron chi connectivity index (χ3n) is 4.61. The van der Waals surface area contributed by atoms with E-state index in [1.165, 1.54) is 0 Å². The standard InChI is InChI=1S/C19H26N6O2/c1-5-9-24(12-16-20-8-10-23(16)4)19(27)14-6-7-15-21-22-18(25(15)11-14)17(26)13(2)3/h6-8,10-11,13,17,26H,5,9,12H2,1-4H3. The number of fused-ring (bicyclic) bond motifs is 1. The lowest BCUT2D eigenvalue weighted by atomic mass is 10.1. The molecule has 0 aliphatic rings. The smallest absolute Gasteiger partial charge is 0.255 e. The van der Waals surface area contributed by atoms with Gasteiger partial charge in [-0.1, -0.05) is 20.8 Å². The van der Waals surface area contributed by atoms with E-state index in [0.717, 1.165) is 12.2 Å². The van der Waals surface area contributed by atoms with Crippen molar-refractivity contribution in [1.29, 1.82) is 0 Å². The lowest BCUT2D eigenvalue weighted by molar-refractivity contribution is 0.0736. The number of pyridine rings is 1. The molecule has 3 rings (SSSR count). The van der Waals surface area contributed by atoms with E-state index in [1.807, 2.05) is 38.6 Å². The summed E-state index contributed by atoms with van der Waals surface area (Å²) in [6.07, 6.45) is 5.41. The van der Waals surface area contributed by atoms with Crippen LogP contribution in [0.25, 0.3) is 5.65 Å². The average molecular weight is 370 g/mol. The van der Waals surface area contributed by atoms with Gasteiger partial charge in [0.05, 0.1) is 12.1 Å². The molecule has 144 valence electrons. The summed E-state index contributed by atoms with van der Waals surface area (Å²) in [6, 6.07) is 3.50. The van der Waals surface area contributed by atoms with Crippen LogP contribution >= 0.6 is 0 Å². The van der Waals surface area contributed by atoms with Crippen LogP contribution in [0.1, 0.15) is 55.3 Å². The highest BCUT2D eigenvalue weighted by Gasteiger charge is 2.22. The summed E-state index contributed by atoms with van der Waals surface area (Å²) in [5.41, 5.74) is 1.13. The van der Waals surface area contributed by atoms with Gasteiger partial charge in [0.15, 0.2) is 11.5 Å². The Bertz CT molecular complexity index is 929. The molecular weight excluding hydrogens is 344 g/mol. The van der Waals surface area contributed by atoms with Crippen molar-refractivity contribution in [3.8, 4) is 0 Å². The first-order valence-corrected chi connectivity index (χ1v) is 9.20. The van der Waals surface area contributed by atoms with Gasteiger partial charge in [0, 0.05) is 32.2 Å². The van der Waals surface area contributed by atoms with Crippen LogP contribution in [-0.2, 0) is 13.6 Å². The van der Waals surface area contributed by atoms with Crippen molar-refractivity contribution in [3.63, 3.8) is 0 Å². The number of aryl methyl sites for hydroxylation is 1. The summed E-state index contributed by atoms with van der Waals surface area (Å²) >= 11 is 0. The summed E-state index contributed by atoms with van der Waals surface area (Å²) in [5, 5.41) is 18.6. The molecule has 1 amide bonds. The lowest BCUT2D eigenvalue weighted by Crippen LogP contribution is -2.32. The minimum absolute atomic E-state index is 0.00300. The summed E-state index contributed by atoms with van der Waals surface area (Å²) in [7, 11) is 1.92. The zero-order valence-electron chi connectivity index (χ0n) is 16.2. The fourth-order valence-electron chi connectivity index (χ4n) is 2.96. The van der Waals surface area contributed by atoms with E-state index in [2.05, 4.69) is 15.2 Å². The van der Waals surface area contributed by atoms with Crippen molar-refractivity contribution in [2.75, 3.05) is 6.54 Å². The molecule has 8 heteroatoms. The van der Waals surface area contributed by atoms with E-state index in [9.17, 15) is 9.90 Å². The van der Waals surface area contributed by atoms with Gasteiger partial charge in [-0.25, -0.2) is 4.98 Å². The molecule has 8 nitrogen and oxygen atoms in total. The van der Waals surface area contributed by atoms with Crippen LogP contribution in [0.3, 0.4) is 0 Å². The second-order valence-corrected chi connectivity index (χ2v) is 7.07. The van der Waals surface area contributed by atoms with Crippen LogP contribution in [0.4, 0.5) is 0 Å². The molecule has 0 aliphatic heterocycles. The zero-order valence-corrected chi connectivity index (χ0v) is 16.2. The molecular formula is C19H26N6O2. The molecule has 0 saturated heterocycles. The maximum atomic E-state index is 13.1. The van der Waals surface area contributed by atoms with Crippen LogP contribution in [-0.4, -0.2) is 46.6 Å². The maximum absolute atomic E-state index is 13.1. The predicted molar refractivity (Wildman–Crippen MR) is 101 cm³/mol. The number of amides is 1. The van der Waals surface area contributed by atoms with Gasteiger partial charge < -0.3 is 14.6 Å². The number of hydrogen-bond donors (Lipinski definition) is 1. The number of nitrogens with zero attached hydrogens (tertiary/aromatic N) is 6. The van der Waals surface area contributed by atoms with Gasteiger partial charge in [-0.15, -0.1) is 10.2 Å². The second-order valence-electron chi connectivity index (χ2n) is 7.07.